The Morgan fingerprint density at radius 1 is 1.07 bits per heavy atom. The molecule has 11 heteroatoms. The highest BCUT2D eigenvalue weighted by atomic mass is 32.2. The summed E-state index contributed by atoms with van der Waals surface area (Å²) < 4.78 is 35.6. The van der Waals surface area contributed by atoms with Crippen LogP contribution in [-0.4, -0.2) is 48.6 Å². The topological polar surface area (TPSA) is 149 Å². The minimum atomic E-state index is -3.85. The summed E-state index contributed by atoms with van der Waals surface area (Å²) in [4.78, 5) is 15.9. The fourth-order valence-electron chi connectivity index (χ4n) is 6.23. The molecule has 0 bridgehead atoms. The Morgan fingerprint density at radius 3 is 2.68 bits per heavy atom. The van der Waals surface area contributed by atoms with Crippen molar-refractivity contribution in [2.24, 2.45) is 11.1 Å². The van der Waals surface area contributed by atoms with Gasteiger partial charge in [-0.25, -0.2) is 28.1 Å². The van der Waals surface area contributed by atoms with Gasteiger partial charge in [0, 0.05) is 47.2 Å². The Kier molecular flexibility index (Phi) is 7.37. The highest BCUT2D eigenvalue weighted by Gasteiger charge is 2.31. The van der Waals surface area contributed by atoms with Crippen molar-refractivity contribution in [3.8, 4) is 16.9 Å². The van der Waals surface area contributed by atoms with Gasteiger partial charge >= 0.3 is 0 Å². The molecule has 41 heavy (non-hydrogen) atoms. The predicted octanol–water partition coefficient (Wildman–Crippen LogP) is 3.58. The number of aryl methyl sites for hydroxylation is 1. The lowest BCUT2D eigenvalue weighted by atomic mass is 9.76. The molecule has 0 amide bonds. The van der Waals surface area contributed by atoms with Crippen molar-refractivity contribution in [1.29, 1.82) is 0 Å². The number of pyridine rings is 1. The summed E-state index contributed by atoms with van der Waals surface area (Å²) in [5, 5.41) is 0. The number of ether oxygens (including phenoxy) is 1. The number of benzene rings is 1. The average Bonchev–Trinajstić information content (AvgIpc) is 3.15. The Bertz CT molecular complexity index is 1550. The summed E-state index contributed by atoms with van der Waals surface area (Å²) in [6.45, 7) is 6.46. The maximum atomic E-state index is 13.3. The quantitative estimate of drug-likeness (QED) is 0.413. The molecule has 1 fully saturated rings. The van der Waals surface area contributed by atoms with Crippen LogP contribution < -0.4 is 25.8 Å². The third-order valence-electron chi connectivity index (χ3n) is 8.64. The molecule has 0 radical (unpaired) electrons. The van der Waals surface area contributed by atoms with Crippen LogP contribution in [0.5, 0.6) is 5.75 Å². The lowest BCUT2D eigenvalue weighted by Crippen LogP contribution is -2.40. The first-order valence-corrected chi connectivity index (χ1v) is 15.9. The SMILES string of the molecule is CC1(C)CCc2ncnc(N3CCOc4ccc(-c5cnc(N)c(S(=O)(=O)NC6CCC(N)CC6)c5)cc4C3)c2C1. The van der Waals surface area contributed by atoms with Gasteiger partial charge in [-0.3, -0.25) is 0 Å². The van der Waals surface area contributed by atoms with Crippen LogP contribution in [0.4, 0.5) is 11.6 Å². The fraction of sp³-hybridized carbons (Fsp3) is 0.500. The van der Waals surface area contributed by atoms with Crippen molar-refractivity contribution < 1.29 is 13.2 Å². The highest BCUT2D eigenvalue weighted by Crippen LogP contribution is 2.39. The van der Waals surface area contributed by atoms with E-state index in [1.165, 1.54) is 5.56 Å². The number of fused-ring (bicyclic) bond motifs is 2. The van der Waals surface area contributed by atoms with Gasteiger partial charge in [0.15, 0.2) is 0 Å². The highest BCUT2D eigenvalue weighted by molar-refractivity contribution is 7.89. The molecule has 3 aliphatic rings. The van der Waals surface area contributed by atoms with Gasteiger partial charge in [-0.2, -0.15) is 0 Å². The standard InChI is InChI=1S/C30H39N7O3S/c1-30(2)10-9-25-24(15-30)29(35-18-34-25)37-11-12-40-26-8-3-19(13-21(26)17-37)20-14-27(28(32)33-16-20)41(38,39)36-23-6-4-22(31)5-7-23/h3,8,13-14,16,18,22-23,36H,4-7,9-12,15,17,31H2,1-2H3,(H2,32,33). The molecule has 0 atom stereocenters. The van der Waals surface area contributed by atoms with E-state index in [0.717, 1.165) is 60.5 Å². The number of aromatic nitrogens is 3. The second-order valence-electron chi connectivity index (χ2n) is 12.4. The summed E-state index contributed by atoms with van der Waals surface area (Å²) >= 11 is 0. The summed E-state index contributed by atoms with van der Waals surface area (Å²) in [6.07, 6.45) is 9.32. The maximum absolute atomic E-state index is 13.3. The fourth-order valence-corrected chi connectivity index (χ4v) is 7.65. The minimum absolute atomic E-state index is 0.00656. The van der Waals surface area contributed by atoms with Gasteiger partial charge in [0.05, 0.1) is 6.54 Å². The maximum Gasteiger partial charge on any atom is 0.244 e. The third kappa shape index (κ3) is 5.89. The summed E-state index contributed by atoms with van der Waals surface area (Å²) in [7, 11) is -3.85. The van der Waals surface area contributed by atoms with Crippen LogP contribution in [0.2, 0.25) is 0 Å². The zero-order valence-electron chi connectivity index (χ0n) is 23.8. The number of nitrogens with two attached hydrogens (primary N) is 2. The van der Waals surface area contributed by atoms with E-state index in [2.05, 4.69) is 33.4 Å². The molecule has 0 spiro atoms. The smallest absolute Gasteiger partial charge is 0.244 e. The summed E-state index contributed by atoms with van der Waals surface area (Å²) in [6, 6.07) is 7.51. The van der Waals surface area contributed by atoms with Crippen molar-refractivity contribution in [3.05, 3.63) is 53.6 Å². The first-order chi connectivity index (χ1) is 19.6. The molecule has 1 saturated carbocycles. The number of nitrogens with one attached hydrogen (secondary N) is 1. The van der Waals surface area contributed by atoms with Crippen LogP contribution in [0.25, 0.3) is 11.1 Å². The zero-order valence-corrected chi connectivity index (χ0v) is 24.6. The molecule has 10 nitrogen and oxygen atoms in total. The van der Waals surface area contributed by atoms with Crippen LogP contribution in [0.1, 0.15) is 62.8 Å². The van der Waals surface area contributed by atoms with E-state index in [1.54, 1.807) is 18.6 Å². The van der Waals surface area contributed by atoms with Crippen LogP contribution in [0.15, 0.2) is 41.7 Å². The number of sulfonamides is 1. The van der Waals surface area contributed by atoms with E-state index in [0.29, 0.717) is 38.1 Å². The molecule has 218 valence electrons. The van der Waals surface area contributed by atoms with E-state index in [9.17, 15) is 8.42 Å². The van der Waals surface area contributed by atoms with Crippen LogP contribution in [0.3, 0.4) is 0 Å². The van der Waals surface area contributed by atoms with Gasteiger partial charge in [0.1, 0.15) is 35.2 Å². The molecule has 6 rings (SSSR count). The zero-order chi connectivity index (χ0) is 28.8. The normalized spacial score (nSPS) is 22.3. The van der Waals surface area contributed by atoms with Crippen molar-refractivity contribution in [2.45, 2.75) is 82.3 Å². The largest absolute Gasteiger partial charge is 0.491 e. The molecule has 3 heterocycles. The Hall–Kier alpha value is -3.28. The second kappa shape index (κ2) is 10.8. The van der Waals surface area contributed by atoms with Gasteiger partial charge in [0.2, 0.25) is 10.0 Å². The van der Waals surface area contributed by atoms with E-state index in [4.69, 9.17) is 21.2 Å². The lowest BCUT2D eigenvalue weighted by molar-refractivity contribution is 0.310. The van der Waals surface area contributed by atoms with Crippen molar-refractivity contribution in [3.63, 3.8) is 0 Å². The van der Waals surface area contributed by atoms with Gasteiger partial charge < -0.3 is 21.1 Å². The number of anilines is 2. The van der Waals surface area contributed by atoms with Crippen molar-refractivity contribution >= 4 is 21.7 Å². The third-order valence-corrected chi connectivity index (χ3v) is 10.2. The van der Waals surface area contributed by atoms with E-state index in [-0.39, 0.29) is 28.2 Å². The number of hydrogen-bond donors (Lipinski definition) is 3. The molecule has 5 N–H and O–H groups in total. The first-order valence-electron chi connectivity index (χ1n) is 14.5. The number of nitrogens with zero attached hydrogens (tertiary/aromatic N) is 4. The van der Waals surface area contributed by atoms with Gasteiger partial charge in [0.25, 0.3) is 0 Å². The van der Waals surface area contributed by atoms with Crippen LogP contribution in [0, 0.1) is 5.41 Å². The van der Waals surface area contributed by atoms with Crippen LogP contribution in [-0.2, 0) is 29.4 Å². The molecule has 0 unspecified atom stereocenters. The predicted molar refractivity (Wildman–Crippen MR) is 159 cm³/mol. The van der Waals surface area contributed by atoms with Crippen molar-refractivity contribution in [1.82, 2.24) is 19.7 Å². The monoisotopic (exact) mass is 577 g/mol. The summed E-state index contributed by atoms with van der Waals surface area (Å²) in [5.41, 5.74) is 17.2. The van der Waals surface area contributed by atoms with Gasteiger partial charge in [-0.15, -0.1) is 0 Å². The Morgan fingerprint density at radius 2 is 1.88 bits per heavy atom. The number of rotatable bonds is 5. The van der Waals surface area contributed by atoms with Crippen LogP contribution >= 0.6 is 0 Å². The van der Waals surface area contributed by atoms with E-state index in [1.807, 2.05) is 18.2 Å². The molecule has 1 aliphatic heterocycles. The van der Waals surface area contributed by atoms with Gasteiger partial charge in [-0.05, 0) is 74.1 Å². The molecule has 2 aliphatic carbocycles. The minimum Gasteiger partial charge on any atom is -0.491 e. The Labute approximate surface area is 242 Å². The molecule has 2 aromatic heterocycles. The van der Waals surface area contributed by atoms with E-state index >= 15 is 0 Å². The molecule has 3 aromatic rings. The lowest BCUT2D eigenvalue weighted by Gasteiger charge is -2.33. The summed E-state index contributed by atoms with van der Waals surface area (Å²) in [5.74, 6) is 1.77. The molecule has 0 saturated heterocycles. The molecular weight excluding hydrogens is 538 g/mol. The number of hydrogen-bond acceptors (Lipinski definition) is 9. The first kappa shape index (κ1) is 27.9. The van der Waals surface area contributed by atoms with E-state index < -0.39 is 10.0 Å². The second-order valence-corrected chi connectivity index (χ2v) is 14.1. The van der Waals surface area contributed by atoms with Crippen molar-refractivity contribution in [2.75, 3.05) is 23.8 Å². The average molecular weight is 578 g/mol. The number of nitrogen functional groups attached to an aromatic ring is 1. The van der Waals surface area contributed by atoms with Gasteiger partial charge in [-0.1, -0.05) is 19.9 Å². The Balaban J connectivity index is 1.28. The molecule has 1 aromatic carbocycles. The molecular formula is C30H39N7O3S.